The summed E-state index contributed by atoms with van der Waals surface area (Å²) in [7, 11) is 1.54. The Hall–Kier alpha value is -2.39. The summed E-state index contributed by atoms with van der Waals surface area (Å²) in [5.41, 5.74) is 2.08. The zero-order valence-electron chi connectivity index (χ0n) is 14.7. The number of carbonyl (C=O) groups excluding carboxylic acids is 2. The van der Waals surface area contributed by atoms with Crippen LogP contribution in [-0.4, -0.2) is 48.4 Å². The Morgan fingerprint density at radius 1 is 1.50 bits per heavy atom. The zero-order valence-corrected chi connectivity index (χ0v) is 15.5. The maximum Gasteiger partial charge on any atom is 0.344 e. The Kier molecular flexibility index (Phi) is 5.28. The van der Waals surface area contributed by atoms with Gasteiger partial charge in [-0.1, -0.05) is 12.1 Å². The van der Waals surface area contributed by atoms with Gasteiger partial charge in [0.05, 0.1) is 13.2 Å². The number of amides is 3. The first-order valence-corrected chi connectivity index (χ1v) is 8.82. The van der Waals surface area contributed by atoms with E-state index >= 15 is 0 Å². The summed E-state index contributed by atoms with van der Waals surface area (Å²) in [5.74, 6) is 0.156. The molecule has 0 aromatic heterocycles. The molecule has 3 N–H and O–H groups in total. The summed E-state index contributed by atoms with van der Waals surface area (Å²) in [6.45, 7) is 2.92. The van der Waals surface area contributed by atoms with E-state index in [0.717, 1.165) is 24.5 Å². The average molecular weight is 378 g/mol. The maximum atomic E-state index is 12.9. The average Bonchev–Trinajstić information content (AvgIpc) is 3.23. The summed E-state index contributed by atoms with van der Waals surface area (Å²) >= 11 is 5.19. The fraction of sp³-hybridized carbons (Fsp3) is 0.471. The van der Waals surface area contributed by atoms with Crippen molar-refractivity contribution in [3.05, 3.63) is 29.8 Å². The molecule has 0 spiro atoms. The van der Waals surface area contributed by atoms with Crippen LogP contribution in [0.4, 0.5) is 4.79 Å². The fourth-order valence-corrected chi connectivity index (χ4v) is 3.20. The van der Waals surface area contributed by atoms with Gasteiger partial charge in [0.2, 0.25) is 0 Å². The summed E-state index contributed by atoms with van der Waals surface area (Å²) in [4.78, 5) is 25.2. The summed E-state index contributed by atoms with van der Waals surface area (Å²) in [6.07, 6.45) is 2.09. The van der Waals surface area contributed by atoms with E-state index in [2.05, 4.69) is 16.1 Å². The number of rotatable bonds is 5. The van der Waals surface area contributed by atoms with Crippen molar-refractivity contribution in [1.29, 1.82) is 0 Å². The third-order valence-electron chi connectivity index (χ3n) is 4.57. The molecular weight excluding hydrogens is 356 g/mol. The van der Waals surface area contributed by atoms with Gasteiger partial charge in [-0.25, -0.2) is 4.79 Å². The number of ether oxygens (including phenoxy) is 2. The van der Waals surface area contributed by atoms with E-state index in [0.29, 0.717) is 17.9 Å². The minimum atomic E-state index is -1.21. The molecule has 1 aromatic carbocycles. The van der Waals surface area contributed by atoms with Crippen LogP contribution in [0.25, 0.3) is 0 Å². The highest BCUT2D eigenvalue weighted by atomic mass is 32.1. The molecule has 0 aliphatic carbocycles. The molecule has 2 aliphatic heterocycles. The Balaban J connectivity index is 1.66. The Labute approximate surface area is 157 Å². The van der Waals surface area contributed by atoms with Gasteiger partial charge in [0.1, 0.15) is 11.3 Å². The van der Waals surface area contributed by atoms with Crippen molar-refractivity contribution in [3.63, 3.8) is 0 Å². The molecule has 2 fully saturated rings. The number of hydrogen-bond acceptors (Lipinski definition) is 5. The van der Waals surface area contributed by atoms with Gasteiger partial charge in [-0.3, -0.25) is 10.2 Å². The van der Waals surface area contributed by atoms with Gasteiger partial charge < -0.3 is 20.1 Å². The molecule has 3 rings (SSSR count). The SMILES string of the molecule is COc1cccc([C@]2(C)NC(=O)N(NC(=S)NC[C@@H]3CCCO3)C2=O)c1. The first-order chi connectivity index (χ1) is 12.4. The monoisotopic (exact) mass is 378 g/mol. The van der Waals surface area contributed by atoms with Crippen molar-refractivity contribution in [2.45, 2.75) is 31.4 Å². The van der Waals surface area contributed by atoms with Crippen molar-refractivity contribution >= 4 is 29.3 Å². The van der Waals surface area contributed by atoms with Gasteiger partial charge in [0, 0.05) is 13.2 Å². The van der Waals surface area contributed by atoms with Crippen molar-refractivity contribution in [3.8, 4) is 5.75 Å². The van der Waals surface area contributed by atoms with Crippen molar-refractivity contribution in [2.24, 2.45) is 0 Å². The van der Waals surface area contributed by atoms with Crippen molar-refractivity contribution < 1.29 is 19.1 Å². The molecule has 26 heavy (non-hydrogen) atoms. The van der Waals surface area contributed by atoms with E-state index in [1.165, 1.54) is 0 Å². The number of urea groups is 1. The van der Waals surface area contributed by atoms with Gasteiger partial charge >= 0.3 is 6.03 Å². The first-order valence-electron chi connectivity index (χ1n) is 8.41. The topological polar surface area (TPSA) is 91.9 Å². The molecule has 2 aliphatic rings. The third kappa shape index (κ3) is 3.58. The molecule has 2 saturated heterocycles. The van der Waals surface area contributed by atoms with Crippen LogP contribution in [0, 0.1) is 0 Å². The molecule has 9 heteroatoms. The lowest BCUT2D eigenvalue weighted by atomic mass is 9.92. The van der Waals surface area contributed by atoms with Crippen LogP contribution in [-0.2, 0) is 15.1 Å². The quantitative estimate of drug-likeness (QED) is 0.520. The van der Waals surface area contributed by atoms with Crippen LogP contribution >= 0.6 is 12.2 Å². The van der Waals surface area contributed by atoms with Crippen LogP contribution in [0.2, 0.25) is 0 Å². The number of hydrazine groups is 1. The Bertz CT molecular complexity index is 722. The number of imide groups is 1. The van der Waals surface area contributed by atoms with E-state index in [-0.39, 0.29) is 11.2 Å². The second kappa shape index (κ2) is 7.46. The van der Waals surface area contributed by atoms with Crippen LogP contribution in [0.15, 0.2) is 24.3 Å². The summed E-state index contributed by atoms with van der Waals surface area (Å²) in [6, 6.07) is 6.45. The number of methoxy groups -OCH3 is 1. The lowest BCUT2D eigenvalue weighted by Crippen LogP contribution is -2.52. The number of benzene rings is 1. The highest BCUT2D eigenvalue weighted by Gasteiger charge is 2.50. The number of nitrogens with one attached hydrogen (secondary N) is 3. The molecule has 140 valence electrons. The standard InChI is InChI=1S/C17H22N4O4S/c1-17(11-5-3-6-12(9-11)24-2)14(22)21(16(23)19-17)20-15(26)18-10-13-7-4-8-25-13/h3,5-6,9,13H,4,7-8,10H2,1-2H3,(H,19,23)(H2,18,20,26)/t13-,17-/m0/s1. The lowest BCUT2D eigenvalue weighted by molar-refractivity contribution is -0.132. The highest BCUT2D eigenvalue weighted by molar-refractivity contribution is 7.80. The number of hydrogen-bond donors (Lipinski definition) is 3. The molecule has 0 unspecified atom stereocenters. The normalized spacial score (nSPS) is 25.2. The molecular formula is C17H22N4O4S. The highest BCUT2D eigenvalue weighted by Crippen LogP contribution is 2.30. The Morgan fingerprint density at radius 3 is 3.00 bits per heavy atom. The van der Waals surface area contributed by atoms with E-state index < -0.39 is 17.5 Å². The van der Waals surface area contributed by atoms with Gasteiger partial charge in [0.15, 0.2) is 5.11 Å². The molecule has 3 amide bonds. The predicted octanol–water partition coefficient (Wildman–Crippen LogP) is 1.02. The molecule has 2 heterocycles. The molecule has 8 nitrogen and oxygen atoms in total. The minimum Gasteiger partial charge on any atom is -0.497 e. The second-order valence-electron chi connectivity index (χ2n) is 6.38. The summed E-state index contributed by atoms with van der Waals surface area (Å²) in [5, 5.41) is 6.77. The largest absolute Gasteiger partial charge is 0.497 e. The van der Waals surface area contributed by atoms with Crippen LogP contribution in [0.1, 0.15) is 25.3 Å². The number of nitrogens with zero attached hydrogens (tertiary/aromatic N) is 1. The van der Waals surface area contributed by atoms with E-state index in [9.17, 15) is 9.59 Å². The predicted molar refractivity (Wildman–Crippen MR) is 98.4 cm³/mol. The maximum absolute atomic E-state index is 12.9. The van der Waals surface area contributed by atoms with Gasteiger partial charge in [-0.15, -0.1) is 0 Å². The minimum absolute atomic E-state index is 0.0971. The van der Waals surface area contributed by atoms with Gasteiger partial charge in [-0.05, 0) is 49.7 Å². The second-order valence-corrected chi connectivity index (χ2v) is 6.79. The van der Waals surface area contributed by atoms with Crippen LogP contribution in [0.5, 0.6) is 5.75 Å². The van der Waals surface area contributed by atoms with Crippen molar-refractivity contribution in [1.82, 2.24) is 21.1 Å². The van der Waals surface area contributed by atoms with E-state index in [4.69, 9.17) is 21.7 Å². The van der Waals surface area contributed by atoms with E-state index in [1.807, 2.05) is 0 Å². The molecule has 1 aromatic rings. The Morgan fingerprint density at radius 2 is 2.31 bits per heavy atom. The van der Waals surface area contributed by atoms with Crippen LogP contribution < -0.4 is 20.8 Å². The van der Waals surface area contributed by atoms with E-state index in [1.54, 1.807) is 38.3 Å². The van der Waals surface area contributed by atoms with Crippen molar-refractivity contribution in [2.75, 3.05) is 20.3 Å². The smallest absolute Gasteiger partial charge is 0.344 e. The number of thiocarbonyl (C=S) groups is 1. The van der Waals surface area contributed by atoms with Gasteiger partial charge in [0.25, 0.3) is 5.91 Å². The lowest BCUT2D eigenvalue weighted by Gasteiger charge is -2.23. The first kappa shape index (κ1) is 18.4. The zero-order chi connectivity index (χ0) is 18.7. The summed E-state index contributed by atoms with van der Waals surface area (Å²) < 4.78 is 10.7. The molecule has 0 bridgehead atoms. The van der Waals surface area contributed by atoms with Gasteiger partial charge in [-0.2, -0.15) is 5.01 Å². The molecule has 0 radical (unpaired) electrons. The number of carbonyl (C=O) groups is 2. The van der Waals surface area contributed by atoms with Crippen LogP contribution in [0.3, 0.4) is 0 Å². The molecule has 2 atom stereocenters. The third-order valence-corrected chi connectivity index (χ3v) is 4.80. The molecule has 0 saturated carbocycles. The fourth-order valence-electron chi connectivity index (χ4n) is 3.02.